The van der Waals surface area contributed by atoms with E-state index < -0.39 is 6.29 Å². The van der Waals surface area contributed by atoms with Crippen LogP contribution in [-0.2, 0) is 18.9 Å². The third kappa shape index (κ3) is 1.89. The van der Waals surface area contributed by atoms with E-state index in [4.69, 9.17) is 18.9 Å². The molecule has 6 atom stereocenters. The van der Waals surface area contributed by atoms with Gasteiger partial charge in [-0.05, 0) is 6.92 Å². The van der Waals surface area contributed by atoms with Gasteiger partial charge in [0.25, 0.3) is 0 Å². The first-order chi connectivity index (χ1) is 8.20. The summed E-state index contributed by atoms with van der Waals surface area (Å²) in [5, 5.41) is 9.67. The van der Waals surface area contributed by atoms with Crippen molar-refractivity contribution in [1.29, 1.82) is 0 Å². The molecule has 3 aliphatic heterocycles. The average molecular weight is 245 g/mol. The molecule has 6 heteroatoms. The number of methoxy groups -OCH3 is 1. The molecule has 0 aromatic rings. The normalized spacial score (nSPS) is 51.0. The van der Waals surface area contributed by atoms with Gasteiger partial charge in [-0.15, -0.1) is 0 Å². The summed E-state index contributed by atoms with van der Waals surface area (Å²) < 4.78 is 22.2. The maximum atomic E-state index is 9.67. The van der Waals surface area contributed by atoms with Crippen molar-refractivity contribution in [2.75, 3.05) is 20.3 Å². The number of aliphatic hydroxyl groups is 1. The topological polar surface area (TPSA) is 60.4 Å². The van der Waals surface area contributed by atoms with Gasteiger partial charge in [0.1, 0.15) is 6.10 Å². The van der Waals surface area contributed by atoms with Gasteiger partial charge in [0.05, 0.1) is 12.7 Å². The molecule has 0 aromatic carbocycles. The van der Waals surface area contributed by atoms with Gasteiger partial charge in [-0.2, -0.15) is 0 Å². The van der Waals surface area contributed by atoms with Crippen LogP contribution >= 0.6 is 0 Å². The summed E-state index contributed by atoms with van der Waals surface area (Å²) >= 11 is 0. The first-order valence-corrected chi connectivity index (χ1v) is 6.10. The van der Waals surface area contributed by atoms with Gasteiger partial charge < -0.3 is 24.1 Å². The van der Waals surface area contributed by atoms with Crippen molar-refractivity contribution < 1.29 is 24.1 Å². The fourth-order valence-corrected chi connectivity index (χ4v) is 3.04. The largest absolute Gasteiger partial charge is 0.368 e. The second-order valence-electron chi connectivity index (χ2n) is 4.80. The van der Waals surface area contributed by atoms with Gasteiger partial charge in [0, 0.05) is 26.1 Å². The van der Waals surface area contributed by atoms with E-state index in [1.807, 2.05) is 6.92 Å². The van der Waals surface area contributed by atoms with E-state index in [1.54, 1.807) is 7.11 Å². The molecule has 6 nitrogen and oxygen atoms in total. The number of fused-ring (bicyclic) bond motifs is 3. The number of hydrogen-bond acceptors (Lipinski definition) is 6. The predicted molar refractivity (Wildman–Crippen MR) is 57.1 cm³/mol. The Labute approximate surface area is 100 Å². The molecular weight excluding hydrogens is 226 g/mol. The van der Waals surface area contributed by atoms with Crippen LogP contribution in [-0.4, -0.2) is 67.3 Å². The summed E-state index contributed by atoms with van der Waals surface area (Å²) in [6.45, 7) is 3.37. The van der Waals surface area contributed by atoms with Crippen molar-refractivity contribution in [3.63, 3.8) is 0 Å². The third-order valence-corrected chi connectivity index (χ3v) is 3.80. The number of hydrogen-bond donors (Lipinski definition) is 1. The maximum Gasteiger partial charge on any atom is 0.197 e. The molecule has 98 valence electrons. The van der Waals surface area contributed by atoms with Crippen LogP contribution in [0.25, 0.3) is 0 Å². The zero-order valence-corrected chi connectivity index (χ0v) is 10.1. The lowest BCUT2D eigenvalue weighted by Gasteiger charge is -2.39. The lowest BCUT2D eigenvalue weighted by molar-refractivity contribution is -0.248. The van der Waals surface area contributed by atoms with E-state index in [9.17, 15) is 5.11 Å². The summed E-state index contributed by atoms with van der Waals surface area (Å²) in [4.78, 5) is 2.23. The minimum absolute atomic E-state index is 0.0113. The Hall–Kier alpha value is -0.240. The third-order valence-electron chi connectivity index (χ3n) is 3.80. The van der Waals surface area contributed by atoms with Crippen LogP contribution in [0.1, 0.15) is 13.3 Å². The molecule has 0 saturated carbocycles. The first kappa shape index (κ1) is 11.8. The van der Waals surface area contributed by atoms with Gasteiger partial charge in [-0.25, -0.2) is 0 Å². The highest BCUT2D eigenvalue weighted by Gasteiger charge is 2.52. The molecule has 3 rings (SSSR count). The second-order valence-corrected chi connectivity index (χ2v) is 4.80. The van der Waals surface area contributed by atoms with Gasteiger partial charge in [-0.1, -0.05) is 0 Å². The molecule has 3 fully saturated rings. The molecule has 3 aliphatic rings. The highest BCUT2D eigenvalue weighted by atomic mass is 16.7. The molecule has 0 radical (unpaired) electrons. The van der Waals surface area contributed by atoms with Gasteiger partial charge in [-0.3, -0.25) is 4.90 Å². The smallest absolute Gasteiger partial charge is 0.197 e. The fraction of sp³-hybridized carbons (Fsp3) is 1.00. The van der Waals surface area contributed by atoms with Gasteiger partial charge in [0.2, 0.25) is 0 Å². The van der Waals surface area contributed by atoms with Crippen LogP contribution in [0, 0.1) is 0 Å². The molecule has 0 aliphatic carbocycles. The van der Waals surface area contributed by atoms with E-state index >= 15 is 0 Å². The van der Waals surface area contributed by atoms with Crippen molar-refractivity contribution in [3.05, 3.63) is 0 Å². The van der Waals surface area contributed by atoms with Crippen LogP contribution < -0.4 is 0 Å². The number of rotatable bonds is 1. The number of aliphatic hydroxyl groups excluding tert-OH is 1. The van der Waals surface area contributed by atoms with Gasteiger partial charge >= 0.3 is 0 Å². The van der Waals surface area contributed by atoms with Crippen LogP contribution in [0.2, 0.25) is 0 Å². The predicted octanol–water partition coefficient (Wildman–Crippen LogP) is -0.488. The Morgan fingerprint density at radius 1 is 1.35 bits per heavy atom. The van der Waals surface area contributed by atoms with E-state index in [0.717, 1.165) is 6.54 Å². The Morgan fingerprint density at radius 2 is 2.18 bits per heavy atom. The standard InChI is InChI=1S/C11H19NO5/c1-6-9-7(5-8(13)16-6)12-3-4-15-11(14-2)10(12)17-9/h6-11,13H,3-5H2,1-2H3/t6?,7?,8?,9-,10?,11-/m0/s1. The zero-order valence-electron chi connectivity index (χ0n) is 10.1. The van der Waals surface area contributed by atoms with Crippen LogP contribution in [0.15, 0.2) is 0 Å². The Bertz CT molecular complexity index is 289. The summed E-state index contributed by atoms with van der Waals surface area (Å²) in [7, 11) is 1.62. The molecule has 0 bridgehead atoms. The van der Waals surface area contributed by atoms with Crippen molar-refractivity contribution in [1.82, 2.24) is 4.90 Å². The van der Waals surface area contributed by atoms with E-state index in [-0.39, 0.29) is 30.8 Å². The second kappa shape index (κ2) is 4.46. The van der Waals surface area contributed by atoms with Crippen molar-refractivity contribution in [3.8, 4) is 0 Å². The Balaban J connectivity index is 1.80. The maximum absolute atomic E-state index is 9.67. The summed E-state index contributed by atoms with van der Waals surface area (Å²) in [5.41, 5.74) is 0. The Morgan fingerprint density at radius 3 is 2.94 bits per heavy atom. The van der Waals surface area contributed by atoms with Crippen molar-refractivity contribution in [2.45, 2.75) is 50.4 Å². The molecule has 0 amide bonds. The molecule has 0 aromatic heterocycles. The minimum atomic E-state index is -0.697. The zero-order chi connectivity index (χ0) is 12.0. The van der Waals surface area contributed by atoms with Crippen LogP contribution in [0.3, 0.4) is 0 Å². The number of ether oxygens (including phenoxy) is 4. The molecule has 0 spiro atoms. The van der Waals surface area contributed by atoms with E-state index in [1.165, 1.54) is 0 Å². The first-order valence-electron chi connectivity index (χ1n) is 6.10. The molecule has 3 saturated heterocycles. The summed E-state index contributed by atoms with van der Waals surface area (Å²) in [6, 6.07) is 0.195. The Kier molecular flexibility index (Phi) is 3.10. The summed E-state index contributed by atoms with van der Waals surface area (Å²) in [5.74, 6) is 0. The summed E-state index contributed by atoms with van der Waals surface area (Å²) in [6.07, 6.45) is -0.757. The molecule has 17 heavy (non-hydrogen) atoms. The quantitative estimate of drug-likeness (QED) is 0.673. The molecular formula is C11H19NO5. The molecule has 1 N–H and O–H groups in total. The lowest BCUT2D eigenvalue weighted by Crippen LogP contribution is -2.54. The van der Waals surface area contributed by atoms with Crippen molar-refractivity contribution in [2.24, 2.45) is 0 Å². The number of nitrogens with zero attached hydrogens (tertiary/aromatic N) is 1. The highest BCUT2D eigenvalue weighted by Crippen LogP contribution is 2.37. The van der Waals surface area contributed by atoms with Gasteiger partial charge in [0.15, 0.2) is 18.8 Å². The molecule has 3 heterocycles. The van der Waals surface area contributed by atoms with Crippen LogP contribution in [0.5, 0.6) is 0 Å². The number of morpholine rings is 1. The molecule has 4 unspecified atom stereocenters. The van der Waals surface area contributed by atoms with Crippen LogP contribution in [0.4, 0.5) is 0 Å². The fourth-order valence-electron chi connectivity index (χ4n) is 3.04. The van der Waals surface area contributed by atoms with Crippen molar-refractivity contribution >= 4 is 0 Å². The monoisotopic (exact) mass is 245 g/mol. The van der Waals surface area contributed by atoms with E-state index in [0.29, 0.717) is 13.0 Å². The van der Waals surface area contributed by atoms with E-state index in [2.05, 4.69) is 4.90 Å². The SMILES string of the molecule is CO[C@H]1OCCN2C1O[C@H]1C(C)OC(O)CC12. The highest BCUT2D eigenvalue weighted by molar-refractivity contribution is 4.97. The lowest BCUT2D eigenvalue weighted by atomic mass is 9.99. The minimum Gasteiger partial charge on any atom is -0.368 e. The average Bonchev–Trinajstić information content (AvgIpc) is 2.68.